The molecule has 1 aliphatic heterocycles. The van der Waals surface area contributed by atoms with Crippen LogP contribution in [0.1, 0.15) is 11.5 Å². The van der Waals surface area contributed by atoms with Gasteiger partial charge in [-0.2, -0.15) is 0 Å². The van der Waals surface area contributed by atoms with Crippen molar-refractivity contribution in [3.8, 4) is 11.1 Å². The van der Waals surface area contributed by atoms with Crippen LogP contribution in [-0.2, 0) is 9.84 Å². The summed E-state index contributed by atoms with van der Waals surface area (Å²) in [6.45, 7) is 2.06. The third-order valence-electron chi connectivity index (χ3n) is 3.84. The average molecular weight is 322 g/mol. The van der Waals surface area contributed by atoms with E-state index in [-0.39, 0.29) is 4.90 Å². The fraction of sp³-hybridized carbons (Fsp3) is 0.250. The van der Waals surface area contributed by atoms with Crippen LogP contribution >= 0.6 is 11.6 Å². The van der Waals surface area contributed by atoms with Crippen LogP contribution in [0.25, 0.3) is 11.1 Å². The Balaban J connectivity index is 1.93. The van der Waals surface area contributed by atoms with Gasteiger partial charge in [-0.15, -0.1) is 0 Å². The molecule has 0 radical (unpaired) electrons. The Hall–Kier alpha value is -1.36. The number of halogens is 1. The second-order valence-electron chi connectivity index (χ2n) is 5.39. The Morgan fingerprint density at radius 3 is 2.24 bits per heavy atom. The molecule has 0 aromatic heterocycles. The first-order chi connectivity index (χ1) is 9.95. The molecule has 0 amide bonds. The number of rotatable bonds is 3. The van der Waals surface area contributed by atoms with E-state index in [1.165, 1.54) is 17.9 Å². The highest BCUT2D eigenvalue weighted by atomic mass is 35.5. The first kappa shape index (κ1) is 14.6. The lowest BCUT2D eigenvalue weighted by Crippen LogP contribution is -2.39. The van der Waals surface area contributed by atoms with E-state index >= 15 is 0 Å². The maximum Gasteiger partial charge on any atom is 0.175 e. The maximum atomic E-state index is 11.5. The topological polar surface area (TPSA) is 46.2 Å². The fourth-order valence-corrected chi connectivity index (χ4v) is 3.42. The second-order valence-corrected chi connectivity index (χ2v) is 7.81. The van der Waals surface area contributed by atoms with Gasteiger partial charge >= 0.3 is 0 Å². The molecule has 0 aliphatic carbocycles. The van der Waals surface area contributed by atoms with Gasteiger partial charge in [0.05, 0.1) is 4.90 Å². The molecule has 2 aromatic carbocycles. The first-order valence-corrected chi connectivity index (χ1v) is 9.03. The Labute approximate surface area is 129 Å². The quantitative estimate of drug-likeness (QED) is 0.945. The van der Waals surface area contributed by atoms with Crippen molar-refractivity contribution in [2.24, 2.45) is 0 Å². The maximum absolute atomic E-state index is 11.5. The lowest BCUT2D eigenvalue weighted by molar-refractivity contribution is 0.448. The number of benzene rings is 2. The molecule has 110 valence electrons. The summed E-state index contributed by atoms with van der Waals surface area (Å²) >= 11 is 6.24. The molecular weight excluding hydrogens is 306 g/mol. The molecule has 1 fully saturated rings. The van der Waals surface area contributed by atoms with E-state index in [4.69, 9.17) is 11.6 Å². The molecule has 1 aliphatic rings. The van der Waals surface area contributed by atoms with Crippen LogP contribution in [0.5, 0.6) is 0 Å². The molecule has 0 spiro atoms. The monoisotopic (exact) mass is 321 g/mol. The number of nitrogens with one attached hydrogen (secondary N) is 1. The molecule has 0 saturated carbocycles. The van der Waals surface area contributed by atoms with E-state index in [1.807, 2.05) is 12.1 Å². The van der Waals surface area contributed by atoms with E-state index in [0.29, 0.717) is 10.9 Å². The van der Waals surface area contributed by atoms with Crippen molar-refractivity contribution in [2.75, 3.05) is 19.3 Å². The summed E-state index contributed by atoms with van der Waals surface area (Å²) < 4.78 is 23.1. The zero-order valence-electron chi connectivity index (χ0n) is 11.6. The number of sulfone groups is 1. The minimum absolute atomic E-state index is 0.244. The summed E-state index contributed by atoms with van der Waals surface area (Å²) in [5, 5.41) is 3.71. The van der Waals surface area contributed by atoms with Crippen LogP contribution in [-0.4, -0.2) is 27.8 Å². The zero-order valence-corrected chi connectivity index (χ0v) is 13.2. The molecule has 3 nitrogen and oxygen atoms in total. The van der Waals surface area contributed by atoms with Crippen LogP contribution in [0.3, 0.4) is 0 Å². The summed E-state index contributed by atoms with van der Waals surface area (Å²) in [5.41, 5.74) is 3.17. The largest absolute Gasteiger partial charge is 0.315 e. The van der Waals surface area contributed by atoms with Gasteiger partial charge in [0.25, 0.3) is 0 Å². The van der Waals surface area contributed by atoms with Crippen molar-refractivity contribution in [1.29, 1.82) is 0 Å². The van der Waals surface area contributed by atoms with E-state index in [0.717, 1.165) is 24.2 Å². The molecule has 0 bridgehead atoms. The van der Waals surface area contributed by atoms with Gasteiger partial charge in [-0.3, -0.25) is 0 Å². The van der Waals surface area contributed by atoms with Crippen LogP contribution in [0, 0.1) is 0 Å². The lowest BCUT2D eigenvalue weighted by Gasteiger charge is -2.27. The molecule has 1 heterocycles. The smallest absolute Gasteiger partial charge is 0.175 e. The third-order valence-corrected chi connectivity index (χ3v) is 5.27. The number of hydrogen-bond acceptors (Lipinski definition) is 3. The van der Waals surface area contributed by atoms with Gasteiger partial charge in [0, 0.05) is 35.8 Å². The Morgan fingerprint density at radius 2 is 1.76 bits per heavy atom. The highest BCUT2D eigenvalue weighted by Gasteiger charge is 2.18. The van der Waals surface area contributed by atoms with Gasteiger partial charge in [0.2, 0.25) is 0 Å². The van der Waals surface area contributed by atoms with Gasteiger partial charge < -0.3 is 5.32 Å². The third kappa shape index (κ3) is 2.98. The summed E-state index contributed by atoms with van der Waals surface area (Å²) in [4.78, 5) is 0.244. The van der Waals surface area contributed by atoms with Gasteiger partial charge in [0.1, 0.15) is 0 Å². The van der Waals surface area contributed by atoms with Crippen molar-refractivity contribution in [3.05, 3.63) is 53.1 Å². The molecule has 1 saturated heterocycles. The average Bonchev–Trinajstić information content (AvgIpc) is 2.37. The predicted molar refractivity (Wildman–Crippen MR) is 85.6 cm³/mol. The second kappa shape index (κ2) is 5.44. The summed E-state index contributed by atoms with van der Waals surface area (Å²) in [6, 6.07) is 13.2. The van der Waals surface area contributed by atoms with E-state index < -0.39 is 9.84 Å². The summed E-state index contributed by atoms with van der Waals surface area (Å²) in [6.07, 6.45) is 1.18. The van der Waals surface area contributed by atoms with E-state index in [2.05, 4.69) is 17.4 Å². The molecule has 0 unspecified atom stereocenters. The van der Waals surface area contributed by atoms with Crippen LogP contribution in [0.4, 0.5) is 0 Å². The van der Waals surface area contributed by atoms with Crippen molar-refractivity contribution in [3.63, 3.8) is 0 Å². The van der Waals surface area contributed by atoms with Gasteiger partial charge in [-0.1, -0.05) is 41.9 Å². The van der Waals surface area contributed by atoms with E-state index in [9.17, 15) is 8.42 Å². The highest BCUT2D eigenvalue weighted by Crippen LogP contribution is 2.31. The minimum atomic E-state index is -3.23. The van der Waals surface area contributed by atoms with Crippen molar-refractivity contribution < 1.29 is 8.42 Å². The molecule has 0 atom stereocenters. The van der Waals surface area contributed by atoms with Crippen molar-refractivity contribution in [2.45, 2.75) is 10.8 Å². The molecular formula is C16H16ClNO2S. The highest BCUT2D eigenvalue weighted by molar-refractivity contribution is 7.90. The van der Waals surface area contributed by atoms with E-state index in [1.54, 1.807) is 12.1 Å². The van der Waals surface area contributed by atoms with Crippen molar-refractivity contribution in [1.82, 2.24) is 5.32 Å². The molecule has 5 heteroatoms. The van der Waals surface area contributed by atoms with Gasteiger partial charge in [-0.05, 0) is 23.3 Å². The SMILES string of the molecule is CS(=O)(=O)c1ccc(-c2ccc(C3CNC3)cc2)c(Cl)c1. The Kier molecular flexibility index (Phi) is 3.78. The molecule has 21 heavy (non-hydrogen) atoms. The van der Waals surface area contributed by atoms with Crippen LogP contribution in [0.2, 0.25) is 5.02 Å². The summed E-state index contributed by atoms with van der Waals surface area (Å²) in [7, 11) is -3.23. The lowest BCUT2D eigenvalue weighted by atomic mass is 9.92. The Bertz CT molecular complexity index is 765. The minimum Gasteiger partial charge on any atom is -0.315 e. The standard InChI is InChI=1S/C16H16ClNO2S/c1-21(19,20)14-6-7-15(16(17)8-14)12-4-2-11(3-5-12)13-9-18-10-13/h2-8,13,18H,9-10H2,1H3. The normalized spacial score (nSPS) is 15.7. The molecule has 1 N–H and O–H groups in total. The first-order valence-electron chi connectivity index (χ1n) is 6.76. The van der Waals surface area contributed by atoms with Crippen LogP contribution in [0.15, 0.2) is 47.4 Å². The predicted octanol–water partition coefficient (Wildman–Crippen LogP) is 3.10. The Morgan fingerprint density at radius 1 is 1.10 bits per heavy atom. The van der Waals surface area contributed by atoms with Gasteiger partial charge in [-0.25, -0.2) is 8.42 Å². The van der Waals surface area contributed by atoms with Crippen LogP contribution < -0.4 is 5.32 Å². The van der Waals surface area contributed by atoms with Gasteiger partial charge in [0.15, 0.2) is 9.84 Å². The number of hydrogen-bond donors (Lipinski definition) is 1. The van der Waals surface area contributed by atoms with Crippen molar-refractivity contribution >= 4 is 21.4 Å². The fourth-order valence-electron chi connectivity index (χ4n) is 2.42. The molecule has 3 rings (SSSR count). The zero-order chi connectivity index (χ0) is 15.0. The molecule has 2 aromatic rings. The summed E-state index contributed by atoms with van der Waals surface area (Å²) in [5.74, 6) is 0.599.